The molecule has 0 aliphatic rings. The van der Waals surface area contributed by atoms with Gasteiger partial charge >= 0.3 is 0 Å². The van der Waals surface area contributed by atoms with Crippen LogP contribution in [-0.2, 0) is 0 Å². The first-order valence-corrected chi connectivity index (χ1v) is 20.7. The Morgan fingerprint density at radius 1 is 0.288 bits per heavy atom. The lowest BCUT2D eigenvalue weighted by molar-refractivity contribution is 0.669. The molecule has 0 radical (unpaired) electrons. The molecular formula is C54H37N3OS. The van der Waals surface area contributed by atoms with Crippen LogP contribution in [0.2, 0.25) is 0 Å². The number of thiophene rings is 1. The van der Waals surface area contributed by atoms with Crippen molar-refractivity contribution in [2.75, 3.05) is 14.7 Å². The fourth-order valence-corrected chi connectivity index (χ4v) is 9.56. The summed E-state index contributed by atoms with van der Waals surface area (Å²) >= 11 is 1.85. The Hall–Kier alpha value is -7.60. The molecule has 11 aromatic rings. The van der Waals surface area contributed by atoms with E-state index in [2.05, 4.69) is 227 Å². The topological polar surface area (TPSA) is 22.9 Å². The van der Waals surface area contributed by atoms with Crippen LogP contribution in [0.15, 0.2) is 229 Å². The van der Waals surface area contributed by atoms with Gasteiger partial charge in [-0.2, -0.15) is 0 Å². The number of hydrogen-bond acceptors (Lipinski definition) is 5. The summed E-state index contributed by atoms with van der Waals surface area (Å²) in [6, 6.07) is 79.9. The Kier molecular flexibility index (Phi) is 8.64. The molecule has 0 saturated heterocycles. The molecule has 0 fully saturated rings. The van der Waals surface area contributed by atoms with Gasteiger partial charge in [0, 0.05) is 54.7 Å². The minimum Gasteiger partial charge on any atom is -0.456 e. The minimum atomic E-state index is 0.864. The van der Waals surface area contributed by atoms with Crippen LogP contribution >= 0.6 is 11.3 Å². The highest BCUT2D eigenvalue weighted by Crippen LogP contribution is 2.49. The third-order valence-corrected chi connectivity index (χ3v) is 12.2. The van der Waals surface area contributed by atoms with Gasteiger partial charge < -0.3 is 19.1 Å². The molecule has 0 bridgehead atoms. The average Bonchev–Trinajstić information content (AvgIpc) is 3.87. The summed E-state index contributed by atoms with van der Waals surface area (Å²) in [5.41, 5.74) is 11.2. The fourth-order valence-electron chi connectivity index (χ4n) is 8.36. The normalized spacial score (nSPS) is 11.4. The number of nitrogens with zero attached hydrogens (tertiary/aromatic N) is 3. The predicted molar refractivity (Wildman–Crippen MR) is 251 cm³/mol. The number of para-hydroxylation sites is 5. The molecule has 0 saturated carbocycles. The summed E-state index contributed by atoms with van der Waals surface area (Å²) in [7, 11) is 0. The zero-order valence-electron chi connectivity index (χ0n) is 32.0. The molecule has 59 heavy (non-hydrogen) atoms. The van der Waals surface area contributed by atoms with Crippen molar-refractivity contribution in [3.8, 4) is 0 Å². The predicted octanol–water partition coefficient (Wildman–Crippen LogP) is 16.4. The maximum absolute atomic E-state index is 6.32. The van der Waals surface area contributed by atoms with Gasteiger partial charge in [0.1, 0.15) is 11.2 Å². The van der Waals surface area contributed by atoms with Crippen LogP contribution in [0.25, 0.3) is 42.1 Å². The Balaban J connectivity index is 1.22. The summed E-state index contributed by atoms with van der Waals surface area (Å²) in [5, 5.41) is 4.70. The molecule has 9 aromatic carbocycles. The second kappa shape index (κ2) is 14.7. The van der Waals surface area contributed by atoms with Crippen molar-refractivity contribution in [3.05, 3.63) is 224 Å². The van der Waals surface area contributed by atoms with Crippen LogP contribution < -0.4 is 14.7 Å². The quantitative estimate of drug-likeness (QED) is 0.146. The monoisotopic (exact) mass is 775 g/mol. The molecule has 4 nitrogen and oxygen atoms in total. The molecule has 11 rings (SSSR count). The highest BCUT2D eigenvalue weighted by molar-refractivity contribution is 7.26. The maximum Gasteiger partial charge on any atom is 0.135 e. The smallest absolute Gasteiger partial charge is 0.135 e. The van der Waals surface area contributed by atoms with E-state index >= 15 is 0 Å². The van der Waals surface area contributed by atoms with Crippen molar-refractivity contribution in [1.29, 1.82) is 0 Å². The Labute approximate surface area is 346 Å². The lowest BCUT2D eigenvalue weighted by Gasteiger charge is -2.33. The molecule has 280 valence electrons. The van der Waals surface area contributed by atoms with E-state index in [1.807, 2.05) is 23.5 Å². The SMILES string of the molecule is c1ccc(N(c2ccccc2)c2cc(N(c3ccccc3)c3ccc4oc5ccccc5c4c3)cc(N(c3ccccc3)c3cccc4c3sc3ccccc34)c2)cc1. The zero-order valence-corrected chi connectivity index (χ0v) is 32.8. The van der Waals surface area contributed by atoms with E-state index in [1.165, 1.54) is 20.2 Å². The third-order valence-electron chi connectivity index (χ3n) is 11.0. The Bertz CT molecular complexity index is 3190. The molecule has 0 amide bonds. The molecule has 2 aromatic heterocycles. The van der Waals surface area contributed by atoms with Crippen LogP contribution in [0.4, 0.5) is 51.2 Å². The van der Waals surface area contributed by atoms with Crippen molar-refractivity contribution in [2.24, 2.45) is 0 Å². The Morgan fingerprint density at radius 3 is 1.36 bits per heavy atom. The summed E-state index contributed by atoms with van der Waals surface area (Å²) in [6.07, 6.45) is 0. The maximum atomic E-state index is 6.32. The van der Waals surface area contributed by atoms with Gasteiger partial charge in [-0.05, 0) is 103 Å². The molecular weight excluding hydrogens is 739 g/mol. The number of rotatable bonds is 9. The van der Waals surface area contributed by atoms with Gasteiger partial charge in [0.2, 0.25) is 0 Å². The number of furan rings is 1. The van der Waals surface area contributed by atoms with E-state index in [4.69, 9.17) is 4.42 Å². The van der Waals surface area contributed by atoms with Crippen molar-refractivity contribution < 1.29 is 4.42 Å². The Morgan fingerprint density at radius 2 is 0.746 bits per heavy atom. The zero-order chi connectivity index (χ0) is 39.1. The second-order valence-electron chi connectivity index (χ2n) is 14.6. The molecule has 5 heteroatoms. The third kappa shape index (κ3) is 6.25. The van der Waals surface area contributed by atoms with Crippen LogP contribution in [0, 0.1) is 0 Å². The summed E-state index contributed by atoms with van der Waals surface area (Å²) < 4.78 is 8.83. The van der Waals surface area contributed by atoms with E-state index in [-0.39, 0.29) is 0 Å². The summed E-state index contributed by atoms with van der Waals surface area (Å²) in [6.45, 7) is 0. The lowest BCUT2D eigenvalue weighted by Crippen LogP contribution is -2.16. The molecule has 2 heterocycles. The van der Waals surface area contributed by atoms with E-state index < -0.39 is 0 Å². The molecule has 0 N–H and O–H groups in total. The standard InChI is InChI=1S/C54H37N3OS/c1-5-18-38(19-6-1)55(39-20-7-2-8-21-39)43-34-44(56(40-22-9-3-10-23-40)42-32-33-52-49(37-42)46-26-13-15-30-51(46)58-52)36-45(35-43)57(41-24-11-4-12-25-41)50-29-17-28-48-47-27-14-16-31-53(47)59-54(48)50/h1-37H. The number of hydrogen-bond donors (Lipinski definition) is 0. The molecule has 0 spiro atoms. The largest absolute Gasteiger partial charge is 0.456 e. The first kappa shape index (κ1) is 34.6. The average molecular weight is 776 g/mol. The van der Waals surface area contributed by atoms with Crippen molar-refractivity contribution in [3.63, 3.8) is 0 Å². The molecule has 0 unspecified atom stereocenters. The second-order valence-corrected chi connectivity index (χ2v) is 15.6. The molecule has 0 atom stereocenters. The van der Waals surface area contributed by atoms with Crippen LogP contribution in [0.5, 0.6) is 0 Å². The van der Waals surface area contributed by atoms with Crippen LogP contribution in [0.1, 0.15) is 0 Å². The van der Waals surface area contributed by atoms with E-state index in [1.54, 1.807) is 0 Å². The van der Waals surface area contributed by atoms with E-state index in [0.29, 0.717) is 0 Å². The van der Waals surface area contributed by atoms with Crippen LogP contribution in [0.3, 0.4) is 0 Å². The summed E-state index contributed by atoms with van der Waals surface area (Å²) in [5.74, 6) is 0. The van der Waals surface area contributed by atoms with Gasteiger partial charge in [0.05, 0.1) is 27.4 Å². The van der Waals surface area contributed by atoms with Crippen molar-refractivity contribution in [1.82, 2.24) is 0 Å². The van der Waals surface area contributed by atoms with Gasteiger partial charge in [-0.3, -0.25) is 0 Å². The van der Waals surface area contributed by atoms with Gasteiger partial charge in [-0.25, -0.2) is 0 Å². The van der Waals surface area contributed by atoms with Gasteiger partial charge in [-0.15, -0.1) is 11.3 Å². The number of anilines is 9. The number of fused-ring (bicyclic) bond motifs is 6. The highest BCUT2D eigenvalue weighted by atomic mass is 32.1. The minimum absolute atomic E-state index is 0.864. The number of benzene rings is 9. The first-order valence-electron chi connectivity index (χ1n) is 19.8. The van der Waals surface area contributed by atoms with Gasteiger partial charge in [0.25, 0.3) is 0 Å². The summed E-state index contributed by atoms with van der Waals surface area (Å²) in [4.78, 5) is 7.15. The van der Waals surface area contributed by atoms with Gasteiger partial charge in [0.15, 0.2) is 0 Å². The van der Waals surface area contributed by atoms with E-state index in [9.17, 15) is 0 Å². The van der Waals surface area contributed by atoms with Crippen molar-refractivity contribution >= 4 is 105 Å². The molecule has 0 aliphatic heterocycles. The van der Waals surface area contributed by atoms with Gasteiger partial charge in [-0.1, -0.05) is 121 Å². The lowest BCUT2D eigenvalue weighted by atomic mass is 10.1. The highest BCUT2D eigenvalue weighted by Gasteiger charge is 2.24. The molecule has 0 aliphatic carbocycles. The van der Waals surface area contributed by atoms with E-state index in [0.717, 1.165) is 73.1 Å². The van der Waals surface area contributed by atoms with Crippen LogP contribution in [-0.4, -0.2) is 0 Å². The first-order chi connectivity index (χ1) is 29.3. The fraction of sp³-hybridized carbons (Fsp3) is 0. The van der Waals surface area contributed by atoms with Crippen molar-refractivity contribution in [2.45, 2.75) is 0 Å².